The Morgan fingerprint density at radius 2 is 2.03 bits per heavy atom. The molecule has 1 aromatic carbocycles. The normalized spacial score (nSPS) is 38.0. The fourth-order valence-corrected chi connectivity index (χ4v) is 8.40. The van der Waals surface area contributed by atoms with Crippen LogP contribution in [0, 0.1) is 28.6 Å². The van der Waals surface area contributed by atoms with E-state index in [9.17, 15) is 10.2 Å². The topological polar surface area (TPSA) is 67.5 Å². The lowest BCUT2D eigenvalue weighted by molar-refractivity contribution is -0.0685. The molecule has 37 heavy (non-hydrogen) atoms. The summed E-state index contributed by atoms with van der Waals surface area (Å²) in [6.07, 6.45) is 17.9. The standard InChI is InChI=1S/C32H42N2O3/c1-31-11-9-25(35)20-24(31)7-8-27-28(31)10-12-32(2)29(27)19-23(30(32)36)17-22-5-3-6-26(18-22)37-16-4-14-34-15-13-33-21-34/h3,5-7,13,15,17-18,21,25,27-30,35-36H,4,8-12,14,16,19-20H2,1-2H3/t25-,27+,28-,29-,30-,31-,32-/m0/s1. The van der Waals surface area contributed by atoms with Crippen molar-refractivity contribution in [3.8, 4) is 5.75 Å². The molecule has 3 saturated carbocycles. The fourth-order valence-electron chi connectivity index (χ4n) is 8.40. The highest BCUT2D eigenvalue weighted by Crippen LogP contribution is 2.65. The number of hydrogen-bond acceptors (Lipinski definition) is 4. The molecular weight excluding hydrogens is 460 g/mol. The van der Waals surface area contributed by atoms with Crippen LogP contribution < -0.4 is 4.74 Å². The van der Waals surface area contributed by atoms with Crippen LogP contribution in [-0.2, 0) is 6.54 Å². The lowest BCUT2D eigenvalue weighted by Crippen LogP contribution is -2.51. The summed E-state index contributed by atoms with van der Waals surface area (Å²) >= 11 is 0. The largest absolute Gasteiger partial charge is 0.494 e. The van der Waals surface area contributed by atoms with Crippen molar-refractivity contribution in [1.82, 2.24) is 9.55 Å². The molecule has 3 fully saturated rings. The number of fused-ring (bicyclic) bond motifs is 5. The molecule has 0 unspecified atom stereocenters. The second-order valence-electron chi connectivity index (χ2n) is 12.6. The molecule has 0 aliphatic heterocycles. The van der Waals surface area contributed by atoms with Gasteiger partial charge < -0.3 is 19.5 Å². The zero-order valence-electron chi connectivity index (χ0n) is 22.4. The van der Waals surface area contributed by atoms with Crippen molar-refractivity contribution in [3.63, 3.8) is 0 Å². The van der Waals surface area contributed by atoms with Gasteiger partial charge in [-0.2, -0.15) is 0 Å². The van der Waals surface area contributed by atoms with E-state index < -0.39 is 0 Å². The van der Waals surface area contributed by atoms with E-state index in [4.69, 9.17) is 4.74 Å². The number of nitrogens with zero attached hydrogens (tertiary/aromatic N) is 2. The Hall–Kier alpha value is -2.37. The molecule has 0 amide bonds. The zero-order chi connectivity index (χ0) is 25.6. The van der Waals surface area contributed by atoms with Crippen molar-refractivity contribution in [2.24, 2.45) is 28.6 Å². The number of ether oxygens (including phenoxy) is 1. The predicted molar refractivity (Wildman–Crippen MR) is 146 cm³/mol. The first-order chi connectivity index (χ1) is 17.9. The maximum absolute atomic E-state index is 11.6. The second-order valence-corrected chi connectivity index (χ2v) is 12.6. The number of aliphatic hydroxyl groups is 2. The van der Waals surface area contributed by atoms with Gasteiger partial charge in [-0.15, -0.1) is 0 Å². The van der Waals surface area contributed by atoms with Gasteiger partial charge in [0.05, 0.1) is 25.1 Å². The summed E-state index contributed by atoms with van der Waals surface area (Å²) in [6.45, 7) is 6.36. The third-order valence-corrected chi connectivity index (χ3v) is 10.5. The van der Waals surface area contributed by atoms with E-state index in [1.54, 1.807) is 6.20 Å². The van der Waals surface area contributed by atoms with Crippen molar-refractivity contribution < 1.29 is 14.9 Å². The van der Waals surface area contributed by atoms with Crippen LogP contribution in [0.2, 0.25) is 0 Å². The van der Waals surface area contributed by atoms with Gasteiger partial charge in [0.2, 0.25) is 0 Å². The molecule has 6 rings (SSSR count). The highest BCUT2D eigenvalue weighted by Gasteiger charge is 2.59. The zero-order valence-corrected chi connectivity index (χ0v) is 22.4. The summed E-state index contributed by atoms with van der Waals surface area (Å²) < 4.78 is 8.11. The van der Waals surface area contributed by atoms with Gasteiger partial charge in [0.25, 0.3) is 0 Å². The minimum absolute atomic E-state index is 0.0513. The molecule has 0 radical (unpaired) electrons. The van der Waals surface area contributed by atoms with Gasteiger partial charge in [-0.3, -0.25) is 0 Å². The Bertz CT molecular complexity index is 1170. The molecule has 4 aliphatic carbocycles. The third-order valence-electron chi connectivity index (χ3n) is 10.5. The van der Waals surface area contributed by atoms with Gasteiger partial charge in [0, 0.05) is 24.4 Å². The van der Waals surface area contributed by atoms with Crippen LogP contribution in [0.1, 0.15) is 70.8 Å². The van der Waals surface area contributed by atoms with Crippen LogP contribution in [0.3, 0.4) is 0 Å². The number of rotatable bonds is 6. The van der Waals surface area contributed by atoms with Gasteiger partial charge in [-0.25, -0.2) is 4.98 Å². The Morgan fingerprint density at radius 1 is 1.14 bits per heavy atom. The third kappa shape index (κ3) is 4.48. The minimum Gasteiger partial charge on any atom is -0.494 e. The molecule has 1 heterocycles. The number of benzene rings is 1. The van der Waals surface area contributed by atoms with Crippen LogP contribution in [0.4, 0.5) is 0 Å². The van der Waals surface area contributed by atoms with E-state index in [-0.39, 0.29) is 23.0 Å². The monoisotopic (exact) mass is 502 g/mol. The van der Waals surface area contributed by atoms with Gasteiger partial charge in [0.1, 0.15) is 5.75 Å². The molecule has 0 bridgehead atoms. The highest BCUT2D eigenvalue weighted by molar-refractivity contribution is 5.57. The van der Waals surface area contributed by atoms with Crippen LogP contribution in [0.25, 0.3) is 6.08 Å². The second kappa shape index (κ2) is 9.74. The number of aliphatic hydroxyl groups excluding tert-OH is 2. The Morgan fingerprint density at radius 3 is 2.86 bits per heavy atom. The summed E-state index contributed by atoms with van der Waals surface area (Å²) in [5, 5.41) is 21.9. The minimum atomic E-state index is -0.385. The number of aryl methyl sites for hydroxylation is 1. The van der Waals surface area contributed by atoms with Gasteiger partial charge >= 0.3 is 0 Å². The summed E-state index contributed by atoms with van der Waals surface area (Å²) in [5.74, 6) is 2.68. The molecule has 0 saturated heterocycles. The molecule has 2 N–H and O–H groups in total. The maximum Gasteiger partial charge on any atom is 0.119 e. The summed E-state index contributed by atoms with van der Waals surface area (Å²) in [4.78, 5) is 4.09. The first-order valence-electron chi connectivity index (χ1n) is 14.3. The molecular formula is C32H42N2O3. The van der Waals surface area contributed by atoms with Gasteiger partial charge in [0.15, 0.2) is 0 Å². The Balaban J connectivity index is 1.16. The van der Waals surface area contributed by atoms with Crippen molar-refractivity contribution in [2.75, 3.05) is 6.61 Å². The fraction of sp³-hybridized carbons (Fsp3) is 0.594. The number of aromatic nitrogens is 2. The summed E-state index contributed by atoms with van der Waals surface area (Å²) in [5.41, 5.74) is 3.98. The predicted octanol–water partition coefficient (Wildman–Crippen LogP) is 6.03. The van der Waals surface area contributed by atoms with Crippen LogP contribution in [0.5, 0.6) is 5.75 Å². The first-order valence-corrected chi connectivity index (χ1v) is 14.3. The lowest BCUT2D eigenvalue weighted by atomic mass is 9.48. The number of allylic oxidation sites excluding steroid dienone is 1. The van der Waals surface area contributed by atoms with Gasteiger partial charge in [-0.05, 0) is 97.8 Å². The van der Waals surface area contributed by atoms with E-state index in [1.807, 2.05) is 18.6 Å². The molecule has 7 atom stereocenters. The molecule has 5 nitrogen and oxygen atoms in total. The van der Waals surface area contributed by atoms with Crippen molar-refractivity contribution >= 4 is 6.08 Å². The number of hydrogen-bond donors (Lipinski definition) is 2. The Labute approximate surface area is 221 Å². The number of imidazole rings is 1. The Kier molecular flexibility index (Phi) is 6.57. The van der Waals surface area contributed by atoms with Crippen molar-refractivity contribution in [2.45, 2.75) is 84.0 Å². The van der Waals surface area contributed by atoms with Crippen LogP contribution >= 0.6 is 0 Å². The average molecular weight is 503 g/mol. The van der Waals surface area contributed by atoms with Crippen molar-refractivity contribution in [3.05, 3.63) is 65.8 Å². The van der Waals surface area contributed by atoms with Crippen LogP contribution in [0.15, 0.2) is 60.2 Å². The molecule has 1 aromatic heterocycles. The van der Waals surface area contributed by atoms with Gasteiger partial charge in [-0.1, -0.05) is 43.7 Å². The van der Waals surface area contributed by atoms with E-state index in [1.165, 1.54) is 17.6 Å². The van der Waals surface area contributed by atoms with Crippen LogP contribution in [-0.4, -0.2) is 38.6 Å². The van der Waals surface area contributed by atoms with E-state index >= 15 is 0 Å². The molecule has 198 valence electrons. The lowest BCUT2D eigenvalue weighted by Gasteiger charge is -2.57. The van der Waals surface area contributed by atoms with E-state index in [2.05, 4.69) is 53.7 Å². The molecule has 5 heteroatoms. The maximum atomic E-state index is 11.6. The van der Waals surface area contributed by atoms with E-state index in [0.717, 1.165) is 62.8 Å². The highest BCUT2D eigenvalue weighted by atomic mass is 16.5. The smallest absolute Gasteiger partial charge is 0.119 e. The molecule has 4 aliphatic rings. The first kappa shape index (κ1) is 24.9. The average Bonchev–Trinajstić information content (AvgIpc) is 3.49. The quantitative estimate of drug-likeness (QED) is 0.374. The molecule has 0 spiro atoms. The summed E-state index contributed by atoms with van der Waals surface area (Å²) in [6, 6.07) is 8.29. The SMILES string of the molecule is C[C@]12CC[C@H]3[C@@H](CC=C4C[C@@H](O)CC[C@@]43C)[C@@H]1CC(=Cc1cccc(OCCCn3ccnc3)c1)[C@@H]2O. The van der Waals surface area contributed by atoms with Crippen molar-refractivity contribution in [1.29, 1.82) is 0 Å². The molecule has 2 aromatic rings. The van der Waals surface area contributed by atoms with E-state index in [0.29, 0.717) is 24.4 Å². The summed E-state index contributed by atoms with van der Waals surface area (Å²) in [7, 11) is 0.